The first-order valence-corrected chi connectivity index (χ1v) is 12.2. The zero-order valence-electron chi connectivity index (χ0n) is 17.4. The average Bonchev–Trinajstić information content (AvgIpc) is 3.38. The Hall–Kier alpha value is -2.00. The molecule has 0 atom stereocenters. The summed E-state index contributed by atoms with van der Waals surface area (Å²) in [6.45, 7) is 4.25. The highest BCUT2D eigenvalue weighted by Gasteiger charge is 2.33. The van der Waals surface area contributed by atoms with Crippen molar-refractivity contribution in [3.8, 4) is 10.4 Å². The molecule has 1 aliphatic carbocycles. The van der Waals surface area contributed by atoms with Crippen molar-refractivity contribution in [2.24, 2.45) is 0 Å². The molecule has 4 nitrogen and oxygen atoms in total. The van der Waals surface area contributed by atoms with Gasteiger partial charge in [0, 0.05) is 39.6 Å². The van der Waals surface area contributed by atoms with Crippen LogP contribution < -0.4 is 5.32 Å². The molecule has 0 aliphatic heterocycles. The third-order valence-corrected chi connectivity index (χ3v) is 7.50. The fraction of sp³-hybridized carbons (Fsp3) is 0.455. The van der Waals surface area contributed by atoms with Crippen molar-refractivity contribution in [1.29, 1.82) is 0 Å². The predicted octanol–water partition coefficient (Wildman–Crippen LogP) is 7.84. The molecule has 4 rings (SSSR count). The van der Waals surface area contributed by atoms with Gasteiger partial charge in [-0.1, -0.05) is 39.2 Å². The number of halogens is 3. The molecule has 0 unspecified atom stereocenters. The van der Waals surface area contributed by atoms with Gasteiger partial charge in [0.2, 0.25) is 0 Å². The van der Waals surface area contributed by atoms with Crippen LogP contribution in [0.4, 0.5) is 24.7 Å². The Morgan fingerprint density at radius 3 is 2.61 bits per heavy atom. The number of nitrogens with one attached hydrogen (secondary N) is 2. The van der Waals surface area contributed by atoms with Crippen LogP contribution >= 0.6 is 23.1 Å². The fourth-order valence-corrected chi connectivity index (χ4v) is 5.98. The Bertz CT molecular complexity index is 1020. The monoisotopic (exact) mass is 466 g/mol. The van der Waals surface area contributed by atoms with Crippen molar-refractivity contribution in [1.82, 2.24) is 15.2 Å². The average molecular weight is 467 g/mol. The zero-order chi connectivity index (χ0) is 22.0. The molecule has 2 heterocycles. The van der Waals surface area contributed by atoms with Gasteiger partial charge in [0.15, 0.2) is 5.82 Å². The molecule has 166 valence electrons. The number of thioether (sulfide) groups is 1. The summed E-state index contributed by atoms with van der Waals surface area (Å²) >= 11 is 3.49. The summed E-state index contributed by atoms with van der Waals surface area (Å²) in [5.41, 5.74) is 0.939. The van der Waals surface area contributed by atoms with E-state index >= 15 is 0 Å². The topological polar surface area (TPSA) is 53.6 Å². The summed E-state index contributed by atoms with van der Waals surface area (Å²) in [4.78, 5) is 6.93. The number of thiazole rings is 1. The van der Waals surface area contributed by atoms with Crippen molar-refractivity contribution in [2.45, 2.75) is 68.2 Å². The number of anilines is 2. The molecule has 0 radical (unpaired) electrons. The van der Waals surface area contributed by atoms with E-state index in [4.69, 9.17) is 4.98 Å². The lowest BCUT2D eigenvalue weighted by molar-refractivity contribution is -0.141. The smallest absolute Gasteiger partial charge is 0.339 e. The lowest BCUT2D eigenvalue weighted by Crippen LogP contribution is -2.04. The first-order chi connectivity index (χ1) is 14.8. The molecule has 0 saturated heterocycles. The minimum Gasteiger partial charge on any atom is -0.339 e. The Labute approximate surface area is 188 Å². The maximum absolute atomic E-state index is 12.8. The molecule has 1 fully saturated rings. The minimum atomic E-state index is -4.45. The van der Waals surface area contributed by atoms with Crippen LogP contribution in [0, 0.1) is 0 Å². The number of alkyl halides is 3. The molecule has 0 spiro atoms. The summed E-state index contributed by atoms with van der Waals surface area (Å²) in [6.07, 6.45) is 3.82. The van der Waals surface area contributed by atoms with Gasteiger partial charge in [-0.15, -0.1) is 23.1 Å². The molecule has 3 aromatic rings. The highest BCUT2D eigenvalue weighted by molar-refractivity contribution is 8.00. The number of aromatic amines is 1. The Morgan fingerprint density at radius 1 is 1.16 bits per heavy atom. The Kier molecular flexibility index (Phi) is 6.62. The lowest BCUT2D eigenvalue weighted by atomic mass is 9.90. The summed E-state index contributed by atoms with van der Waals surface area (Å²) in [6, 6.07) is 6.84. The number of rotatable bonds is 6. The summed E-state index contributed by atoms with van der Waals surface area (Å²) in [5.74, 6) is 0.704. The first kappa shape index (κ1) is 22.2. The second-order valence-electron chi connectivity index (χ2n) is 8.06. The van der Waals surface area contributed by atoms with E-state index in [1.807, 2.05) is 29.5 Å². The number of aromatic nitrogens is 3. The molecule has 9 heteroatoms. The van der Waals surface area contributed by atoms with Crippen LogP contribution in [-0.2, 0) is 6.18 Å². The molecule has 0 bridgehead atoms. The van der Waals surface area contributed by atoms with E-state index in [9.17, 15) is 13.2 Å². The van der Waals surface area contributed by atoms with E-state index in [1.165, 1.54) is 37.1 Å². The van der Waals surface area contributed by atoms with E-state index in [1.54, 1.807) is 23.1 Å². The van der Waals surface area contributed by atoms with Crippen molar-refractivity contribution in [3.63, 3.8) is 0 Å². The van der Waals surface area contributed by atoms with Crippen LogP contribution in [-0.4, -0.2) is 20.4 Å². The van der Waals surface area contributed by atoms with Gasteiger partial charge in [-0.2, -0.15) is 18.3 Å². The maximum Gasteiger partial charge on any atom is 0.432 e. The first-order valence-electron chi connectivity index (χ1n) is 10.5. The van der Waals surface area contributed by atoms with E-state index in [0.717, 1.165) is 21.4 Å². The zero-order valence-corrected chi connectivity index (χ0v) is 19.1. The molecule has 2 N–H and O–H groups in total. The van der Waals surface area contributed by atoms with Gasteiger partial charge >= 0.3 is 6.18 Å². The third kappa shape index (κ3) is 5.44. The van der Waals surface area contributed by atoms with Crippen LogP contribution in [0.3, 0.4) is 0 Å². The van der Waals surface area contributed by atoms with Crippen molar-refractivity contribution in [2.75, 3.05) is 5.32 Å². The fourth-order valence-electron chi connectivity index (χ4n) is 3.78. The minimum absolute atomic E-state index is 0.137. The van der Waals surface area contributed by atoms with Gasteiger partial charge in [0.1, 0.15) is 5.69 Å². The van der Waals surface area contributed by atoms with E-state index in [2.05, 4.69) is 24.3 Å². The van der Waals surface area contributed by atoms with Gasteiger partial charge in [0.25, 0.3) is 0 Å². The molecule has 0 amide bonds. The van der Waals surface area contributed by atoms with Gasteiger partial charge in [-0.3, -0.25) is 5.10 Å². The highest BCUT2D eigenvalue weighted by Crippen LogP contribution is 2.42. The Morgan fingerprint density at radius 2 is 1.94 bits per heavy atom. The molecule has 1 aliphatic rings. The number of benzene rings is 1. The van der Waals surface area contributed by atoms with Crippen molar-refractivity contribution >= 4 is 34.6 Å². The number of H-pyrrole nitrogens is 1. The normalized spacial score (nSPS) is 15.5. The molecule has 2 aromatic heterocycles. The SMILES string of the molecule is CC(C)Sc1cc(Nc2cc(C(F)(F)F)[nH]n2)ccc1-c1cnc(C2CCCCC2)s1. The summed E-state index contributed by atoms with van der Waals surface area (Å²) in [5, 5.41) is 10.3. The summed E-state index contributed by atoms with van der Waals surface area (Å²) in [7, 11) is 0. The molecular weight excluding hydrogens is 441 g/mol. The number of hydrogen-bond acceptors (Lipinski definition) is 5. The van der Waals surface area contributed by atoms with E-state index < -0.39 is 11.9 Å². The summed E-state index contributed by atoms with van der Waals surface area (Å²) < 4.78 is 38.5. The maximum atomic E-state index is 12.8. The molecular formula is C22H25F3N4S2. The molecule has 1 aromatic carbocycles. The van der Waals surface area contributed by atoms with Crippen LogP contribution in [0.1, 0.15) is 62.6 Å². The van der Waals surface area contributed by atoms with Crippen LogP contribution in [0.2, 0.25) is 0 Å². The van der Waals surface area contributed by atoms with Crippen molar-refractivity contribution in [3.05, 3.63) is 41.2 Å². The predicted molar refractivity (Wildman–Crippen MR) is 121 cm³/mol. The van der Waals surface area contributed by atoms with E-state index in [-0.39, 0.29) is 5.82 Å². The van der Waals surface area contributed by atoms with Crippen LogP contribution in [0.25, 0.3) is 10.4 Å². The second-order valence-corrected chi connectivity index (χ2v) is 10.7. The van der Waals surface area contributed by atoms with Crippen LogP contribution in [0.15, 0.2) is 35.4 Å². The van der Waals surface area contributed by atoms with Gasteiger partial charge in [-0.05, 0) is 25.0 Å². The second kappa shape index (κ2) is 9.24. The highest BCUT2D eigenvalue weighted by atomic mass is 32.2. The quantitative estimate of drug-likeness (QED) is 0.363. The van der Waals surface area contributed by atoms with E-state index in [0.29, 0.717) is 16.9 Å². The van der Waals surface area contributed by atoms with Gasteiger partial charge in [0.05, 0.1) is 9.88 Å². The number of nitrogens with zero attached hydrogens (tertiary/aromatic N) is 2. The largest absolute Gasteiger partial charge is 0.432 e. The van der Waals surface area contributed by atoms with Crippen molar-refractivity contribution < 1.29 is 13.2 Å². The standard InChI is InChI=1S/C22H25F3N4S2/c1-13(2)30-17-10-15(27-20-11-19(28-29-20)22(23,24)25)8-9-16(17)18-12-26-21(31-18)14-6-4-3-5-7-14/h8-14H,3-7H2,1-2H3,(H2,27,28,29). The van der Waals surface area contributed by atoms with Gasteiger partial charge in [-0.25, -0.2) is 4.98 Å². The Balaban J connectivity index is 1.58. The van der Waals surface area contributed by atoms with Gasteiger partial charge < -0.3 is 5.32 Å². The lowest BCUT2D eigenvalue weighted by Gasteiger charge is -2.19. The molecule has 31 heavy (non-hydrogen) atoms. The third-order valence-electron chi connectivity index (χ3n) is 5.24. The number of hydrogen-bond donors (Lipinski definition) is 2. The van der Waals surface area contributed by atoms with Crippen LogP contribution in [0.5, 0.6) is 0 Å². The molecule has 1 saturated carbocycles.